The number of rotatable bonds is 2. The van der Waals surface area contributed by atoms with Crippen LogP contribution in [0.5, 0.6) is 0 Å². The molecule has 0 radical (unpaired) electrons. The smallest absolute Gasteiger partial charge is 0.0376 e. The maximum absolute atomic E-state index is 3.51. The van der Waals surface area contributed by atoms with Gasteiger partial charge in [0.05, 0.1) is 0 Å². The predicted molar refractivity (Wildman–Crippen MR) is 56.8 cm³/mol. The van der Waals surface area contributed by atoms with Crippen LogP contribution in [0.3, 0.4) is 0 Å². The molecule has 0 aromatic carbocycles. The van der Waals surface area contributed by atoms with Crippen molar-refractivity contribution in [3.63, 3.8) is 0 Å². The Labute approximate surface area is 72.3 Å². The van der Waals surface area contributed by atoms with Crippen LogP contribution < -0.4 is 0 Å². The maximum Gasteiger partial charge on any atom is -0.0376 e. The molecule has 0 unspecified atom stereocenters. The second kappa shape index (κ2) is 35.0. The third-order valence-corrected chi connectivity index (χ3v) is 0.508. The molecule has 0 heterocycles. The topological polar surface area (TPSA) is 0 Å². The second-order valence-electron chi connectivity index (χ2n) is 1.48. The van der Waals surface area contributed by atoms with Crippen LogP contribution >= 0.6 is 0 Å². The molecule has 0 nitrogen and oxygen atoms in total. The molecular formula is C11H22. The van der Waals surface area contributed by atoms with Gasteiger partial charge in [-0.15, -0.1) is 6.58 Å². The fraction of sp³-hybridized carbons (Fsp3) is 0.455. The van der Waals surface area contributed by atoms with Crippen LogP contribution in [0, 0.1) is 0 Å². The van der Waals surface area contributed by atoms with Gasteiger partial charge < -0.3 is 0 Å². The number of hydrogen-bond donors (Lipinski definition) is 0. The summed E-state index contributed by atoms with van der Waals surface area (Å²) in [5, 5.41) is 0. The van der Waals surface area contributed by atoms with Crippen LogP contribution in [0.2, 0.25) is 0 Å². The average molecular weight is 154 g/mol. The standard InChI is InChI=1S/C6H10.C3H6.C2H6/c1-3-5-6-4-2;1-3-2;1-2/h3,5-6H,1,4H2,2H3;3H,1H2,2H3;1-2H3/b6-5-;;. The van der Waals surface area contributed by atoms with Crippen molar-refractivity contribution in [2.45, 2.75) is 34.1 Å². The average Bonchev–Trinajstić information content (AvgIpc) is 2.06. The molecule has 0 spiro atoms. The first-order valence-corrected chi connectivity index (χ1v) is 4.18. The van der Waals surface area contributed by atoms with Gasteiger partial charge in [-0.3, -0.25) is 0 Å². The Hall–Kier alpha value is -0.780. The van der Waals surface area contributed by atoms with Gasteiger partial charge in [0.1, 0.15) is 0 Å². The lowest BCUT2D eigenvalue weighted by molar-refractivity contribution is 1.22. The maximum atomic E-state index is 3.51. The lowest BCUT2D eigenvalue weighted by Crippen LogP contribution is -1.46. The van der Waals surface area contributed by atoms with Gasteiger partial charge in [0.2, 0.25) is 0 Å². The summed E-state index contributed by atoms with van der Waals surface area (Å²) >= 11 is 0. The van der Waals surface area contributed by atoms with Crippen LogP contribution in [0.4, 0.5) is 0 Å². The van der Waals surface area contributed by atoms with Gasteiger partial charge in [-0.05, 0) is 13.3 Å². The summed E-state index contributed by atoms with van der Waals surface area (Å²) in [5.41, 5.74) is 0. The van der Waals surface area contributed by atoms with E-state index in [1.54, 1.807) is 12.2 Å². The molecule has 0 atom stereocenters. The number of allylic oxidation sites excluding steroid dienone is 4. The van der Waals surface area contributed by atoms with E-state index >= 15 is 0 Å². The summed E-state index contributed by atoms with van der Waals surface area (Å²) < 4.78 is 0. The van der Waals surface area contributed by atoms with Crippen molar-refractivity contribution < 1.29 is 0 Å². The Morgan fingerprint density at radius 2 is 1.55 bits per heavy atom. The summed E-state index contributed by atoms with van der Waals surface area (Å²) in [6, 6.07) is 0. The minimum Gasteiger partial charge on any atom is -0.103 e. The van der Waals surface area contributed by atoms with E-state index in [9.17, 15) is 0 Å². The van der Waals surface area contributed by atoms with Gasteiger partial charge in [0.25, 0.3) is 0 Å². The summed E-state index contributed by atoms with van der Waals surface area (Å²) in [6.45, 7) is 14.9. The van der Waals surface area contributed by atoms with E-state index in [1.807, 2.05) is 26.8 Å². The van der Waals surface area contributed by atoms with Gasteiger partial charge in [0, 0.05) is 0 Å². The van der Waals surface area contributed by atoms with E-state index in [-0.39, 0.29) is 0 Å². The molecule has 66 valence electrons. The molecule has 0 aliphatic heterocycles. The van der Waals surface area contributed by atoms with Crippen molar-refractivity contribution in [3.8, 4) is 0 Å². The highest BCUT2D eigenvalue weighted by Crippen LogP contribution is 1.76. The molecule has 0 aliphatic rings. The van der Waals surface area contributed by atoms with E-state index in [4.69, 9.17) is 0 Å². The molecule has 0 heteroatoms. The Morgan fingerprint density at radius 1 is 1.18 bits per heavy atom. The summed E-state index contributed by atoms with van der Waals surface area (Å²) in [4.78, 5) is 0. The van der Waals surface area contributed by atoms with Crippen molar-refractivity contribution >= 4 is 0 Å². The zero-order valence-corrected chi connectivity index (χ0v) is 8.43. The Balaban J connectivity index is -0.000000109. The molecule has 0 saturated carbocycles. The molecular weight excluding hydrogens is 132 g/mol. The molecule has 0 bridgehead atoms. The summed E-state index contributed by atoms with van der Waals surface area (Å²) in [6.07, 6.45) is 8.64. The summed E-state index contributed by atoms with van der Waals surface area (Å²) in [5.74, 6) is 0. The summed E-state index contributed by atoms with van der Waals surface area (Å²) in [7, 11) is 0. The van der Waals surface area contributed by atoms with Crippen molar-refractivity contribution in [1.82, 2.24) is 0 Å². The normalized spacial score (nSPS) is 6.91. The largest absolute Gasteiger partial charge is 0.103 e. The van der Waals surface area contributed by atoms with E-state index < -0.39 is 0 Å². The van der Waals surface area contributed by atoms with E-state index in [0.29, 0.717) is 0 Å². The van der Waals surface area contributed by atoms with Gasteiger partial charge in [-0.1, -0.05) is 51.7 Å². The molecule has 0 fully saturated rings. The van der Waals surface area contributed by atoms with Crippen LogP contribution in [0.1, 0.15) is 34.1 Å². The van der Waals surface area contributed by atoms with Crippen molar-refractivity contribution in [2.24, 2.45) is 0 Å². The van der Waals surface area contributed by atoms with Gasteiger partial charge in [0.15, 0.2) is 0 Å². The molecule has 11 heavy (non-hydrogen) atoms. The number of hydrogen-bond acceptors (Lipinski definition) is 0. The second-order valence-corrected chi connectivity index (χ2v) is 1.48. The first kappa shape index (κ1) is 16.7. The zero-order chi connectivity index (χ0) is 9.54. The van der Waals surface area contributed by atoms with E-state index in [0.717, 1.165) is 6.42 Å². The zero-order valence-electron chi connectivity index (χ0n) is 8.43. The molecule has 0 aromatic rings. The molecule has 0 aliphatic carbocycles. The highest BCUT2D eigenvalue weighted by molar-refractivity contribution is 4.96. The predicted octanol–water partition coefficient (Wildman–Crippen LogP) is 4.36. The first-order chi connectivity index (χ1) is 5.33. The lowest BCUT2D eigenvalue weighted by Gasteiger charge is -1.67. The Kier molecular flexibility index (Phi) is 53.0. The van der Waals surface area contributed by atoms with Crippen LogP contribution in [-0.4, -0.2) is 0 Å². The van der Waals surface area contributed by atoms with Crippen LogP contribution in [0.15, 0.2) is 37.5 Å². The van der Waals surface area contributed by atoms with Gasteiger partial charge in [-0.25, -0.2) is 0 Å². The third kappa shape index (κ3) is 97.5. The van der Waals surface area contributed by atoms with Crippen molar-refractivity contribution in [1.29, 1.82) is 0 Å². The Bertz CT molecular complexity index is 78.0. The van der Waals surface area contributed by atoms with E-state index in [1.165, 1.54) is 0 Å². The first-order valence-electron chi connectivity index (χ1n) is 4.18. The fourth-order valence-corrected chi connectivity index (χ4v) is 0.232. The highest BCUT2D eigenvalue weighted by Gasteiger charge is 1.55. The van der Waals surface area contributed by atoms with Gasteiger partial charge >= 0.3 is 0 Å². The van der Waals surface area contributed by atoms with Crippen molar-refractivity contribution in [2.75, 3.05) is 0 Å². The minimum absolute atomic E-state index is 1.10. The van der Waals surface area contributed by atoms with Gasteiger partial charge in [-0.2, -0.15) is 0 Å². The monoisotopic (exact) mass is 154 g/mol. The molecule has 0 amide bonds. The SMILES string of the molecule is C=C/C=C\CC.C=CC.CC. The fourth-order valence-electron chi connectivity index (χ4n) is 0.232. The van der Waals surface area contributed by atoms with Crippen LogP contribution in [0.25, 0.3) is 0 Å². The highest BCUT2D eigenvalue weighted by atomic mass is 13.6. The molecule has 0 aromatic heterocycles. The minimum atomic E-state index is 1.10. The quantitative estimate of drug-likeness (QED) is 0.409. The third-order valence-electron chi connectivity index (χ3n) is 0.508. The van der Waals surface area contributed by atoms with E-state index in [2.05, 4.69) is 26.2 Å². The molecule has 0 rings (SSSR count). The lowest BCUT2D eigenvalue weighted by atomic mass is 10.4. The van der Waals surface area contributed by atoms with Crippen LogP contribution in [-0.2, 0) is 0 Å². The molecule has 0 N–H and O–H groups in total. The van der Waals surface area contributed by atoms with Crippen molar-refractivity contribution in [3.05, 3.63) is 37.5 Å². The molecule has 0 saturated heterocycles. The Morgan fingerprint density at radius 3 is 1.64 bits per heavy atom.